The number of aliphatic hydroxyl groups excluding tert-OH is 1. The molecule has 0 aliphatic heterocycles. The fourth-order valence-electron chi connectivity index (χ4n) is 1.28. The van der Waals surface area contributed by atoms with E-state index in [1.165, 1.54) is 0 Å². The maximum absolute atomic E-state index is 13.2. The van der Waals surface area contributed by atoms with Gasteiger partial charge in [0.15, 0.2) is 0 Å². The number of carbonyl (C=O) groups is 1. The van der Waals surface area contributed by atoms with Crippen LogP contribution in [0, 0.1) is 5.92 Å². The standard InChI is InChI=1S/C10H19FO3/c1-4-6-7(3)9(12)8(11)10(13)14-5-2/h7-9,12H,4-6H2,1-3H3. The van der Waals surface area contributed by atoms with Gasteiger partial charge in [0.2, 0.25) is 6.17 Å². The number of carbonyl (C=O) groups excluding carboxylic acids is 1. The molecule has 0 saturated carbocycles. The predicted molar refractivity (Wildman–Crippen MR) is 51.6 cm³/mol. The summed E-state index contributed by atoms with van der Waals surface area (Å²) in [5, 5.41) is 9.44. The van der Waals surface area contributed by atoms with Crippen LogP contribution in [0.3, 0.4) is 0 Å². The van der Waals surface area contributed by atoms with Crippen molar-refractivity contribution in [3.63, 3.8) is 0 Å². The molecule has 0 aliphatic carbocycles. The SMILES string of the molecule is CCCC(C)C(O)C(F)C(=O)OCC. The van der Waals surface area contributed by atoms with E-state index in [2.05, 4.69) is 4.74 Å². The van der Waals surface area contributed by atoms with Crippen LogP contribution in [0.1, 0.15) is 33.6 Å². The van der Waals surface area contributed by atoms with Gasteiger partial charge in [-0.05, 0) is 19.3 Å². The summed E-state index contributed by atoms with van der Waals surface area (Å²) in [7, 11) is 0. The third-order valence-electron chi connectivity index (χ3n) is 2.14. The van der Waals surface area contributed by atoms with E-state index in [0.717, 1.165) is 6.42 Å². The zero-order valence-electron chi connectivity index (χ0n) is 9.00. The maximum atomic E-state index is 13.2. The molecular formula is C10H19FO3. The van der Waals surface area contributed by atoms with Gasteiger partial charge in [0.05, 0.1) is 12.7 Å². The number of alkyl halides is 1. The van der Waals surface area contributed by atoms with Crippen molar-refractivity contribution in [3.05, 3.63) is 0 Å². The fraction of sp³-hybridized carbons (Fsp3) is 0.900. The monoisotopic (exact) mass is 206 g/mol. The summed E-state index contributed by atoms with van der Waals surface area (Å²) in [6.07, 6.45) is -1.63. The van der Waals surface area contributed by atoms with Gasteiger partial charge in [-0.2, -0.15) is 0 Å². The van der Waals surface area contributed by atoms with E-state index >= 15 is 0 Å². The zero-order chi connectivity index (χ0) is 11.1. The highest BCUT2D eigenvalue weighted by atomic mass is 19.1. The highest BCUT2D eigenvalue weighted by Crippen LogP contribution is 2.16. The Hall–Kier alpha value is -0.640. The topological polar surface area (TPSA) is 46.5 Å². The Labute approximate surface area is 84.3 Å². The Kier molecular flexibility index (Phi) is 6.45. The van der Waals surface area contributed by atoms with Gasteiger partial charge in [0.25, 0.3) is 0 Å². The van der Waals surface area contributed by atoms with Crippen LogP contribution >= 0.6 is 0 Å². The van der Waals surface area contributed by atoms with Crippen molar-refractivity contribution in [3.8, 4) is 0 Å². The van der Waals surface area contributed by atoms with Gasteiger partial charge in [0, 0.05) is 0 Å². The molecule has 0 saturated heterocycles. The average Bonchev–Trinajstić information content (AvgIpc) is 2.16. The van der Waals surface area contributed by atoms with Crippen LogP contribution in [0.5, 0.6) is 0 Å². The van der Waals surface area contributed by atoms with Gasteiger partial charge < -0.3 is 9.84 Å². The van der Waals surface area contributed by atoms with Gasteiger partial charge in [-0.25, -0.2) is 9.18 Å². The minimum Gasteiger partial charge on any atom is -0.464 e. The van der Waals surface area contributed by atoms with E-state index in [1.54, 1.807) is 13.8 Å². The van der Waals surface area contributed by atoms with Crippen LogP contribution in [-0.4, -0.2) is 30.0 Å². The van der Waals surface area contributed by atoms with Crippen molar-refractivity contribution >= 4 is 5.97 Å². The van der Waals surface area contributed by atoms with Gasteiger partial charge in [-0.3, -0.25) is 0 Å². The van der Waals surface area contributed by atoms with Crippen LogP contribution in [0.15, 0.2) is 0 Å². The first-order valence-corrected chi connectivity index (χ1v) is 5.03. The summed E-state index contributed by atoms with van der Waals surface area (Å²) >= 11 is 0. The van der Waals surface area contributed by atoms with Crippen LogP contribution < -0.4 is 0 Å². The molecule has 84 valence electrons. The molecule has 3 unspecified atom stereocenters. The number of halogens is 1. The lowest BCUT2D eigenvalue weighted by atomic mass is 9.96. The molecule has 14 heavy (non-hydrogen) atoms. The van der Waals surface area contributed by atoms with E-state index in [1.807, 2.05) is 6.92 Å². The minimum atomic E-state index is -1.92. The molecule has 0 aromatic carbocycles. The quantitative estimate of drug-likeness (QED) is 0.673. The summed E-state index contributed by atoms with van der Waals surface area (Å²) in [5.41, 5.74) is 0. The molecule has 0 heterocycles. The Morgan fingerprint density at radius 1 is 1.50 bits per heavy atom. The van der Waals surface area contributed by atoms with Crippen molar-refractivity contribution < 1.29 is 19.0 Å². The Morgan fingerprint density at radius 2 is 2.07 bits per heavy atom. The number of esters is 1. The molecule has 3 atom stereocenters. The Bertz CT molecular complexity index is 173. The van der Waals surface area contributed by atoms with Crippen LogP contribution in [0.25, 0.3) is 0 Å². The first-order valence-electron chi connectivity index (χ1n) is 5.03. The van der Waals surface area contributed by atoms with E-state index in [0.29, 0.717) is 6.42 Å². The highest BCUT2D eigenvalue weighted by molar-refractivity contribution is 5.75. The van der Waals surface area contributed by atoms with Crippen molar-refractivity contribution in [1.82, 2.24) is 0 Å². The number of hydrogen-bond acceptors (Lipinski definition) is 3. The van der Waals surface area contributed by atoms with Gasteiger partial charge in [-0.1, -0.05) is 20.3 Å². The molecule has 0 spiro atoms. The molecular weight excluding hydrogens is 187 g/mol. The van der Waals surface area contributed by atoms with Crippen LogP contribution in [-0.2, 0) is 9.53 Å². The molecule has 4 heteroatoms. The second-order valence-electron chi connectivity index (χ2n) is 3.41. The van der Waals surface area contributed by atoms with Crippen molar-refractivity contribution in [2.45, 2.75) is 45.9 Å². The summed E-state index contributed by atoms with van der Waals surface area (Å²) < 4.78 is 17.7. The van der Waals surface area contributed by atoms with Gasteiger partial charge in [-0.15, -0.1) is 0 Å². The molecule has 0 amide bonds. The molecule has 3 nitrogen and oxygen atoms in total. The zero-order valence-corrected chi connectivity index (χ0v) is 9.00. The lowest BCUT2D eigenvalue weighted by Gasteiger charge is -2.20. The van der Waals surface area contributed by atoms with E-state index < -0.39 is 18.2 Å². The minimum absolute atomic E-state index is 0.133. The third kappa shape index (κ3) is 4.05. The maximum Gasteiger partial charge on any atom is 0.343 e. The fourth-order valence-corrected chi connectivity index (χ4v) is 1.28. The molecule has 0 radical (unpaired) electrons. The second-order valence-corrected chi connectivity index (χ2v) is 3.41. The van der Waals surface area contributed by atoms with Crippen molar-refractivity contribution in [1.29, 1.82) is 0 Å². The van der Waals surface area contributed by atoms with Crippen LogP contribution in [0.2, 0.25) is 0 Å². The van der Waals surface area contributed by atoms with Crippen LogP contribution in [0.4, 0.5) is 4.39 Å². The third-order valence-corrected chi connectivity index (χ3v) is 2.14. The summed E-state index contributed by atoms with van der Waals surface area (Å²) in [6, 6.07) is 0. The first kappa shape index (κ1) is 13.4. The molecule has 0 fully saturated rings. The second kappa shape index (κ2) is 6.76. The van der Waals surface area contributed by atoms with Crippen molar-refractivity contribution in [2.75, 3.05) is 6.61 Å². The predicted octanol–water partition coefficient (Wildman–Crippen LogP) is 1.68. The number of hydrogen-bond donors (Lipinski definition) is 1. The Balaban J connectivity index is 4.08. The number of aliphatic hydroxyl groups is 1. The van der Waals surface area contributed by atoms with E-state index in [4.69, 9.17) is 0 Å². The molecule has 0 aromatic rings. The molecule has 1 N–H and O–H groups in total. The largest absolute Gasteiger partial charge is 0.464 e. The average molecular weight is 206 g/mol. The van der Waals surface area contributed by atoms with Gasteiger partial charge in [0.1, 0.15) is 0 Å². The lowest BCUT2D eigenvalue weighted by Crippen LogP contribution is -2.36. The normalized spacial score (nSPS) is 17.2. The lowest BCUT2D eigenvalue weighted by molar-refractivity contribution is -0.155. The smallest absolute Gasteiger partial charge is 0.343 e. The summed E-state index contributed by atoms with van der Waals surface area (Å²) in [6.45, 7) is 5.40. The van der Waals surface area contributed by atoms with E-state index in [-0.39, 0.29) is 12.5 Å². The molecule has 0 aromatic heterocycles. The van der Waals surface area contributed by atoms with Crippen molar-refractivity contribution in [2.24, 2.45) is 5.92 Å². The summed E-state index contributed by atoms with van der Waals surface area (Å²) in [5.74, 6) is -1.19. The van der Waals surface area contributed by atoms with Gasteiger partial charge >= 0.3 is 5.97 Å². The molecule has 0 rings (SSSR count). The number of rotatable bonds is 6. The number of ether oxygens (including phenoxy) is 1. The first-order chi connectivity index (χ1) is 6.54. The molecule has 0 aliphatic rings. The molecule has 0 bridgehead atoms. The Morgan fingerprint density at radius 3 is 2.50 bits per heavy atom. The summed E-state index contributed by atoms with van der Waals surface area (Å²) in [4.78, 5) is 10.9. The highest BCUT2D eigenvalue weighted by Gasteiger charge is 2.31. The van der Waals surface area contributed by atoms with E-state index in [9.17, 15) is 14.3 Å².